The van der Waals surface area contributed by atoms with Crippen molar-refractivity contribution in [2.75, 3.05) is 0 Å². The highest BCUT2D eigenvalue weighted by Crippen LogP contribution is 2.31. The Morgan fingerprint density at radius 3 is 2.56 bits per heavy atom. The second-order valence-corrected chi connectivity index (χ2v) is 5.62. The smallest absolute Gasteiger partial charge is 0.157 e. The summed E-state index contributed by atoms with van der Waals surface area (Å²) in [5.41, 5.74) is -0.0827. The molecule has 16 heavy (non-hydrogen) atoms. The molecule has 2 atom stereocenters. The molecule has 5 nitrogen and oxygen atoms in total. The minimum Gasteiger partial charge on any atom is -0.391 e. The molecule has 1 heterocycles. The first-order chi connectivity index (χ1) is 7.50. The van der Waals surface area contributed by atoms with E-state index in [4.69, 9.17) is 0 Å². The van der Waals surface area contributed by atoms with Gasteiger partial charge in [0.15, 0.2) is 5.82 Å². The lowest BCUT2D eigenvalue weighted by molar-refractivity contribution is 0.0654. The van der Waals surface area contributed by atoms with Gasteiger partial charge in [0, 0.05) is 5.41 Å². The number of rotatable bonds is 1. The molecule has 0 bridgehead atoms. The quantitative estimate of drug-likeness (QED) is 0.784. The highest BCUT2D eigenvalue weighted by atomic mass is 16.3. The number of aromatic nitrogens is 4. The number of hydrogen-bond donors (Lipinski definition) is 1. The van der Waals surface area contributed by atoms with E-state index in [0.29, 0.717) is 0 Å². The van der Waals surface area contributed by atoms with Crippen LogP contribution in [0.1, 0.15) is 58.3 Å². The summed E-state index contributed by atoms with van der Waals surface area (Å²) in [4.78, 5) is 0. The van der Waals surface area contributed by atoms with Crippen LogP contribution in [0, 0.1) is 0 Å². The van der Waals surface area contributed by atoms with Gasteiger partial charge in [0.25, 0.3) is 0 Å². The van der Waals surface area contributed by atoms with Crippen molar-refractivity contribution in [2.24, 2.45) is 0 Å². The fourth-order valence-corrected chi connectivity index (χ4v) is 2.29. The third kappa shape index (κ3) is 2.09. The molecule has 0 spiro atoms. The first kappa shape index (κ1) is 11.5. The Bertz CT molecular complexity index is 355. The van der Waals surface area contributed by atoms with Crippen LogP contribution >= 0.6 is 0 Å². The third-order valence-electron chi connectivity index (χ3n) is 3.17. The summed E-state index contributed by atoms with van der Waals surface area (Å²) >= 11 is 0. The van der Waals surface area contributed by atoms with E-state index in [1.807, 2.05) is 4.68 Å². The van der Waals surface area contributed by atoms with Crippen molar-refractivity contribution >= 4 is 0 Å². The lowest BCUT2D eigenvalue weighted by Crippen LogP contribution is -2.32. The van der Waals surface area contributed by atoms with Crippen molar-refractivity contribution in [2.45, 2.75) is 64.0 Å². The van der Waals surface area contributed by atoms with Gasteiger partial charge in [-0.1, -0.05) is 33.6 Å². The number of hydrogen-bond acceptors (Lipinski definition) is 4. The van der Waals surface area contributed by atoms with Crippen LogP contribution in [0.4, 0.5) is 0 Å². The van der Waals surface area contributed by atoms with Crippen LogP contribution in [0.5, 0.6) is 0 Å². The van der Waals surface area contributed by atoms with Gasteiger partial charge >= 0.3 is 0 Å². The molecule has 5 heteroatoms. The molecule has 0 unspecified atom stereocenters. The van der Waals surface area contributed by atoms with Crippen LogP contribution in [0.3, 0.4) is 0 Å². The van der Waals surface area contributed by atoms with Gasteiger partial charge in [0.2, 0.25) is 0 Å². The summed E-state index contributed by atoms with van der Waals surface area (Å²) in [5.74, 6) is 0.860. The van der Waals surface area contributed by atoms with Gasteiger partial charge in [-0.2, -0.15) is 0 Å². The molecule has 1 saturated carbocycles. The summed E-state index contributed by atoms with van der Waals surface area (Å²) in [6, 6.07) is 0.0537. The summed E-state index contributed by atoms with van der Waals surface area (Å²) in [7, 11) is 0. The molecule has 0 saturated heterocycles. The molecule has 0 aromatic carbocycles. The zero-order chi connectivity index (χ0) is 11.8. The normalized spacial score (nSPS) is 27.0. The van der Waals surface area contributed by atoms with E-state index in [9.17, 15) is 5.11 Å². The molecular weight excluding hydrogens is 204 g/mol. The summed E-state index contributed by atoms with van der Waals surface area (Å²) in [5, 5.41) is 21.9. The standard InChI is InChI=1S/C11H20N4O/c1-11(2,3)10-12-13-14-15(10)8-6-4-5-7-9(8)16/h8-9,16H,4-7H2,1-3H3/t8-,9+/m0/s1. The Balaban J connectivity index is 2.29. The summed E-state index contributed by atoms with van der Waals surface area (Å²) in [6.45, 7) is 6.26. The molecule has 0 radical (unpaired) electrons. The van der Waals surface area contributed by atoms with E-state index in [1.54, 1.807) is 0 Å². The average Bonchev–Trinajstić information content (AvgIpc) is 2.66. The minimum absolute atomic E-state index is 0.0537. The predicted molar refractivity (Wildman–Crippen MR) is 60.0 cm³/mol. The van der Waals surface area contributed by atoms with E-state index < -0.39 is 0 Å². The second kappa shape index (κ2) is 4.13. The highest BCUT2D eigenvalue weighted by molar-refractivity contribution is 5.01. The number of aliphatic hydroxyl groups is 1. The van der Waals surface area contributed by atoms with Gasteiger partial charge < -0.3 is 5.11 Å². The van der Waals surface area contributed by atoms with Crippen LogP contribution in [-0.2, 0) is 5.41 Å². The summed E-state index contributed by atoms with van der Waals surface area (Å²) in [6.07, 6.45) is 3.76. The highest BCUT2D eigenvalue weighted by Gasteiger charge is 2.31. The van der Waals surface area contributed by atoms with Crippen LogP contribution in [0.15, 0.2) is 0 Å². The Morgan fingerprint density at radius 1 is 1.25 bits per heavy atom. The topological polar surface area (TPSA) is 63.8 Å². The Labute approximate surface area is 95.9 Å². The van der Waals surface area contributed by atoms with Crippen LogP contribution in [0.2, 0.25) is 0 Å². The average molecular weight is 224 g/mol. The van der Waals surface area contributed by atoms with E-state index in [-0.39, 0.29) is 17.6 Å². The molecular formula is C11H20N4O. The maximum atomic E-state index is 10.0. The first-order valence-corrected chi connectivity index (χ1v) is 5.96. The maximum Gasteiger partial charge on any atom is 0.157 e. The molecule has 1 aliphatic rings. The van der Waals surface area contributed by atoms with Crippen molar-refractivity contribution < 1.29 is 5.11 Å². The Kier molecular flexibility index (Phi) is 2.97. The van der Waals surface area contributed by atoms with E-state index in [2.05, 4.69) is 36.3 Å². The van der Waals surface area contributed by atoms with Gasteiger partial charge in [0.05, 0.1) is 12.1 Å². The fraction of sp³-hybridized carbons (Fsp3) is 0.909. The van der Waals surface area contributed by atoms with Crippen LogP contribution < -0.4 is 0 Å². The lowest BCUT2D eigenvalue weighted by Gasteiger charge is -2.30. The maximum absolute atomic E-state index is 10.0. The van der Waals surface area contributed by atoms with Crippen LogP contribution in [-0.4, -0.2) is 31.4 Å². The van der Waals surface area contributed by atoms with E-state index in [1.165, 1.54) is 0 Å². The van der Waals surface area contributed by atoms with E-state index >= 15 is 0 Å². The summed E-state index contributed by atoms with van der Waals surface area (Å²) < 4.78 is 1.82. The Morgan fingerprint density at radius 2 is 1.94 bits per heavy atom. The SMILES string of the molecule is CC(C)(C)c1nnnn1[C@H]1CCCC[C@H]1O. The van der Waals surface area contributed by atoms with Gasteiger partial charge in [-0.25, -0.2) is 4.68 Å². The van der Waals surface area contributed by atoms with Gasteiger partial charge in [-0.3, -0.25) is 0 Å². The molecule has 1 aliphatic carbocycles. The van der Waals surface area contributed by atoms with Crippen molar-refractivity contribution in [3.63, 3.8) is 0 Å². The van der Waals surface area contributed by atoms with Crippen molar-refractivity contribution in [1.29, 1.82) is 0 Å². The first-order valence-electron chi connectivity index (χ1n) is 5.96. The molecule has 1 N–H and O–H groups in total. The Hall–Kier alpha value is -0.970. The van der Waals surface area contributed by atoms with Gasteiger partial charge in [-0.05, 0) is 23.3 Å². The van der Waals surface area contributed by atoms with Gasteiger partial charge in [-0.15, -0.1) is 5.10 Å². The fourth-order valence-electron chi connectivity index (χ4n) is 2.29. The van der Waals surface area contributed by atoms with Crippen molar-refractivity contribution in [1.82, 2.24) is 20.2 Å². The number of nitrogens with zero attached hydrogens (tertiary/aromatic N) is 4. The molecule has 1 aromatic rings. The minimum atomic E-state index is -0.307. The number of aliphatic hydroxyl groups excluding tert-OH is 1. The largest absolute Gasteiger partial charge is 0.391 e. The van der Waals surface area contributed by atoms with Crippen LogP contribution in [0.25, 0.3) is 0 Å². The molecule has 0 amide bonds. The molecule has 1 aromatic heterocycles. The molecule has 2 rings (SSSR count). The predicted octanol–water partition coefficient (Wildman–Crippen LogP) is 1.45. The van der Waals surface area contributed by atoms with Gasteiger partial charge in [0.1, 0.15) is 0 Å². The zero-order valence-corrected chi connectivity index (χ0v) is 10.2. The molecule has 0 aliphatic heterocycles. The number of tetrazole rings is 1. The molecule has 1 fully saturated rings. The monoisotopic (exact) mass is 224 g/mol. The zero-order valence-electron chi connectivity index (χ0n) is 10.2. The third-order valence-corrected chi connectivity index (χ3v) is 3.17. The second-order valence-electron chi connectivity index (χ2n) is 5.62. The van der Waals surface area contributed by atoms with E-state index in [0.717, 1.165) is 31.5 Å². The lowest BCUT2D eigenvalue weighted by atomic mass is 9.90. The van der Waals surface area contributed by atoms with Crippen molar-refractivity contribution in [3.05, 3.63) is 5.82 Å². The molecule has 90 valence electrons. The van der Waals surface area contributed by atoms with Crippen molar-refractivity contribution in [3.8, 4) is 0 Å².